The van der Waals surface area contributed by atoms with Crippen LogP contribution in [0.4, 0.5) is 16.0 Å². The van der Waals surface area contributed by atoms with Crippen LogP contribution in [0.1, 0.15) is 12.0 Å². The molecule has 6 heteroatoms. The summed E-state index contributed by atoms with van der Waals surface area (Å²) in [7, 11) is 1.97. The van der Waals surface area contributed by atoms with Crippen LogP contribution in [0.3, 0.4) is 0 Å². The minimum Gasteiger partial charge on any atom is -0.357 e. The van der Waals surface area contributed by atoms with Crippen molar-refractivity contribution in [1.82, 2.24) is 9.97 Å². The summed E-state index contributed by atoms with van der Waals surface area (Å²) in [6.07, 6.45) is 1.04. The van der Waals surface area contributed by atoms with Crippen molar-refractivity contribution in [3.63, 3.8) is 0 Å². The lowest BCUT2D eigenvalue weighted by atomic mass is 10.1. The van der Waals surface area contributed by atoms with Gasteiger partial charge in [-0.15, -0.1) is 0 Å². The quantitative estimate of drug-likeness (QED) is 0.712. The van der Waals surface area contributed by atoms with Crippen LogP contribution in [-0.2, 0) is 11.2 Å². The van der Waals surface area contributed by atoms with E-state index in [1.165, 1.54) is 12.1 Å². The van der Waals surface area contributed by atoms with Crippen molar-refractivity contribution < 1.29 is 9.18 Å². The molecule has 0 spiro atoms. The molecule has 1 aliphatic rings. The molecule has 2 aromatic carbocycles. The smallest absolute Gasteiger partial charge is 0.232 e. The normalized spacial score (nSPS) is 14.2. The predicted molar refractivity (Wildman–Crippen MR) is 99.9 cm³/mol. The van der Waals surface area contributed by atoms with Gasteiger partial charge in [-0.2, -0.15) is 0 Å². The number of aromatic nitrogens is 2. The number of rotatable bonds is 2. The zero-order valence-corrected chi connectivity index (χ0v) is 14.5. The molecule has 1 aromatic heterocycles. The summed E-state index contributed by atoms with van der Waals surface area (Å²) in [6, 6.07) is 13.7. The first-order chi connectivity index (χ1) is 12.6. The van der Waals surface area contributed by atoms with E-state index in [9.17, 15) is 9.18 Å². The molecule has 1 amide bonds. The molecular weight excluding hydrogens is 331 g/mol. The summed E-state index contributed by atoms with van der Waals surface area (Å²) in [6.45, 7) is 1.39. The molecule has 4 rings (SSSR count). The number of fused-ring (bicyclic) bond motifs is 2. The Morgan fingerprint density at radius 3 is 2.35 bits per heavy atom. The molecule has 1 aliphatic heterocycles. The Morgan fingerprint density at radius 1 is 1.00 bits per heavy atom. The van der Waals surface area contributed by atoms with E-state index in [2.05, 4.69) is 0 Å². The zero-order chi connectivity index (χ0) is 18.1. The summed E-state index contributed by atoms with van der Waals surface area (Å²) in [5.41, 5.74) is 2.36. The van der Waals surface area contributed by atoms with Gasteiger partial charge < -0.3 is 4.90 Å². The van der Waals surface area contributed by atoms with Gasteiger partial charge in [-0.1, -0.05) is 24.3 Å². The largest absolute Gasteiger partial charge is 0.357 e. The molecule has 2 heterocycles. The first kappa shape index (κ1) is 16.4. The second-order valence-corrected chi connectivity index (χ2v) is 6.48. The molecule has 0 saturated carbocycles. The van der Waals surface area contributed by atoms with E-state index in [4.69, 9.17) is 9.97 Å². The molecule has 0 bridgehead atoms. The van der Waals surface area contributed by atoms with Crippen LogP contribution in [0.5, 0.6) is 0 Å². The van der Waals surface area contributed by atoms with Gasteiger partial charge in [-0.25, -0.2) is 14.4 Å². The van der Waals surface area contributed by atoms with E-state index in [-0.39, 0.29) is 18.1 Å². The van der Waals surface area contributed by atoms with E-state index >= 15 is 0 Å². The molecule has 0 fully saturated rings. The van der Waals surface area contributed by atoms with Crippen LogP contribution in [0.2, 0.25) is 0 Å². The van der Waals surface area contributed by atoms with Gasteiger partial charge >= 0.3 is 0 Å². The SMILES string of the molecule is CN1CCCN(C(=O)Cc2ccc(F)cc2)c2nc3ccccc3nc21. The molecule has 0 unspecified atom stereocenters. The Kier molecular flexibility index (Phi) is 4.24. The topological polar surface area (TPSA) is 49.3 Å². The van der Waals surface area contributed by atoms with E-state index in [1.54, 1.807) is 17.0 Å². The van der Waals surface area contributed by atoms with Crippen molar-refractivity contribution in [2.24, 2.45) is 0 Å². The fourth-order valence-corrected chi connectivity index (χ4v) is 3.21. The molecule has 132 valence electrons. The average Bonchev–Trinajstić information content (AvgIpc) is 2.81. The number of anilines is 2. The third-order valence-corrected chi connectivity index (χ3v) is 4.60. The second-order valence-electron chi connectivity index (χ2n) is 6.48. The number of para-hydroxylation sites is 2. The Hall–Kier alpha value is -3.02. The van der Waals surface area contributed by atoms with E-state index < -0.39 is 0 Å². The third kappa shape index (κ3) is 3.10. The lowest BCUT2D eigenvalue weighted by Crippen LogP contribution is -2.33. The lowest BCUT2D eigenvalue weighted by Gasteiger charge is -2.23. The molecular formula is C20H19FN4O. The average molecular weight is 350 g/mol. The van der Waals surface area contributed by atoms with Gasteiger partial charge in [0.25, 0.3) is 0 Å². The monoisotopic (exact) mass is 350 g/mol. The van der Waals surface area contributed by atoms with E-state index in [0.717, 1.165) is 29.6 Å². The summed E-state index contributed by atoms with van der Waals surface area (Å²) < 4.78 is 13.1. The molecule has 26 heavy (non-hydrogen) atoms. The summed E-state index contributed by atoms with van der Waals surface area (Å²) in [5, 5.41) is 0. The van der Waals surface area contributed by atoms with Crippen molar-refractivity contribution in [3.05, 3.63) is 59.9 Å². The number of halogens is 1. The number of benzene rings is 2. The predicted octanol–water partition coefficient (Wildman–Crippen LogP) is 3.18. The van der Waals surface area contributed by atoms with Crippen LogP contribution in [-0.4, -0.2) is 36.0 Å². The zero-order valence-electron chi connectivity index (χ0n) is 14.5. The Labute approximate surface area is 151 Å². The number of hydrogen-bond acceptors (Lipinski definition) is 4. The van der Waals surface area contributed by atoms with Gasteiger partial charge in [0, 0.05) is 20.1 Å². The Bertz CT molecular complexity index is 958. The fraction of sp³-hybridized carbons (Fsp3) is 0.250. The van der Waals surface area contributed by atoms with Crippen molar-refractivity contribution in [2.45, 2.75) is 12.8 Å². The maximum atomic E-state index is 13.1. The Morgan fingerprint density at radius 2 is 1.65 bits per heavy atom. The molecule has 0 atom stereocenters. The number of amides is 1. The number of carbonyl (C=O) groups is 1. The Balaban J connectivity index is 1.72. The van der Waals surface area contributed by atoms with Crippen molar-refractivity contribution in [2.75, 3.05) is 29.9 Å². The lowest BCUT2D eigenvalue weighted by molar-refractivity contribution is -0.118. The van der Waals surface area contributed by atoms with Gasteiger partial charge in [-0.3, -0.25) is 9.69 Å². The standard InChI is InChI=1S/C20H19FN4O/c1-24-11-4-12-25(18(26)13-14-7-9-15(21)10-8-14)20-19(24)22-16-5-2-3-6-17(16)23-20/h2-3,5-10H,4,11-13H2,1H3. The molecule has 5 nitrogen and oxygen atoms in total. The van der Waals surface area contributed by atoms with Crippen LogP contribution in [0.25, 0.3) is 11.0 Å². The molecule has 0 radical (unpaired) electrons. The van der Waals surface area contributed by atoms with Crippen LogP contribution in [0.15, 0.2) is 48.5 Å². The van der Waals surface area contributed by atoms with Crippen molar-refractivity contribution in [3.8, 4) is 0 Å². The molecule has 3 aromatic rings. The summed E-state index contributed by atoms with van der Waals surface area (Å²) in [4.78, 5) is 26.2. The molecule has 0 N–H and O–H groups in total. The minimum absolute atomic E-state index is 0.0576. The van der Waals surface area contributed by atoms with E-state index in [1.807, 2.05) is 36.2 Å². The van der Waals surface area contributed by atoms with Crippen LogP contribution < -0.4 is 9.80 Å². The maximum Gasteiger partial charge on any atom is 0.232 e. The van der Waals surface area contributed by atoms with Crippen molar-refractivity contribution >= 4 is 28.6 Å². The fourth-order valence-electron chi connectivity index (χ4n) is 3.21. The van der Waals surface area contributed by atoms with Gasteiger partial charge in [0.2, 0.25) is 5.91 Å². The highest BCUT2D eigenvalue weighted by Crippen LogP contribution is 2.30. The second kappa shape index (κ2) is 6.71. The molecule has 0 aliphatic carbocycles. The highest BCUT2D eigenvalue weighted by molar-refractivity contribution is 5.97. The summed E-state index contributed by atoms with van der Waals surface area (Å²) in [5.74, 6) is 0.947. The number of carbonyl (C=O) groups excluding carboxylic acids is 1. The van der Waals surface area contributed by atoms with E-state index in [0.29, 0.717) is 18.2 Å². The maximum absolute atomic E-state index is 13.1. The summed E-state index contributed by atoms with van der Waals surface area (Å²) >= 11 is 0. The molecule has 0 saturated heterocycles. The van der Waals surface area contributed by atoms with Crippen LogP contribution >= 0.6 is 0 Å². The first-order valence-corrected chi connectivity index (χ1v) is 8.64. The van der Waals surface area contributed by atoms with Crippen molar-refractivity contribution in [1.29, 1.82) is 0 Å². The van der Waals surface area contributed by atoms with Gasteiger partial charge in [0.05, 0.1) is 17.5 Å². The third-order valence-electron chi connectivity index (χ3n) is 4.60. The number of hydrogen-bond donors (Lipinski definition) is 0. The highest BCUT2D eigenvalue weighted by atomic mass is 19.1. The minimum atomic E-state index is -0.305. The van der Waals surface area contributed by atoms with Crippen LogP contribution in [0, 0.1) is 5.82 Å². The van der Waals surface area contributed by atoms with Gasteiger partial charge in [0.1, 0.15) is 5.82 Å². The first-order valence-electron chi connectivity index (χ1n) is 8.64. The van der Waals surface area contributed by atoms with Gasteiger partial charge in [0.15, 0.2) is 11.6 Å². The highest BCUT2D eigenvalue weighted by Gasteiger charge is 2.26. The van der Waals surface area contributed by atoms with Gasteiger partial charge in [-0.05, 0) is 36.2 Å². The number of nitrogens with zero attached hydrogens (tertiary/aromatic N) is 4.